The smallest absolute Gasteiger partial charge is 0.191 e. The van der Waals surface area contributed by atoms with E-state index in [2.05, 4.69) is 20.5 Å². The van der Waals surface area contributed by atoms with Crippen molar-refractivity contribution in [2.24, 2.45) is 4.99 Å². The third-order valence-electron chi connectivity index (χ3n) is 3.90. The van der Waals surface area contributed by atoms with Gasteiger partial charge in [0.15, 0.2) is 15.8 Å². The van der Waals surface area contributed by atoms with E-state index in [9.17, 15) is 8.42 Å². The summed E-state index contributed by atoms with van der Waals surface area (Å²) in [5.74, 6) is 2.70. The van der Waals surface area contributed by atoms with Gasteiger partial charge in [0.2, 0.25) is 0 Å². The fourth-order valence-corrected chi connectivity index (χ4v) is 5.02. The van der Waals surface area contributed by atoms with Crippen molar-refractivity contribution in [3.05, 3.63) is 0 Å². The van der Waals surface area contributed by atoms with Crippen molar-refractivity contribution < 1.29 is 8.42 Å². The summed E-state index contributed by atoms with van der Waals surface area (Å²) in [5.41, 5.74) is 0. The molecule has 21 heavy (non-hydrogen) atoms. The lowest BCUT2D eigenvalue weighted by atomic mass is 10.2. The second-order valence-corrected chi connectivity index (χ2v) is 9.22. The Kier molecular flexibility index (Phi) is 6.63. The van der Waals surface area contributed by atoms with Crippen molar-refractivity contribution >= 4 is 27.6 Å². The molecule has 2 aliphatic heterocycles. The van der Waals surface area contributed by atoms with E-state index >= 15 is 0 Å². The molecule has 2 rings (SSSR count). The molecule has 0 spiro atoms. The zero-order valence-electron chi connectivity index (χ0n) is 12.7. The van der Waals surface area contributed by atoms with Gasteiger partial charge in [-0.25, -0.2) is 8.42 Å². The number of guanidine groups is 1. The van der Waals surface area contributed by atoms with Crippen LogP contribution in [-0.2, 0) is 9.84 Å². The van der Waals surface area contributed by atoms with Gasteiger partial charge in [-0.15, -0.1) is 0 Å². The third kappa shape index (κ3) is 6.04. The summed E-state index contributed by atoms with van der Waals surface area (Å²) in [6, 6.07) is 0. The molecule has 0 aromatic carbocycles. The van der Waals surface area contributed by atoms with E-state index in [1.807, 2.05) is 11.8 Å². The van der Waals surface area contributed by atoms with E-state index in [4.69, 9.17) is 0 Å². The van der Waals surface area contributed by atoms with Gasteiger partial charge in [0.25, 0.3) is 0 Å². The van der Waals surface area contributed by atoms with Crippen LogP contribution in [0.3, 0.4) is 0 Å². The van der Waals surface area contributed by atoms with Crippen molar-refractivity contribution in [1.29, 1.82) is 0 Å². The fraction of sp³-hybridized carbons (Fsp3) is 0.923. The molecule has 2 heterocycles. The number of nitrogens with one attached hydrogen (secondary N) is 2. The maximum absolute atomic E-state index is 11.4. The number of thioether (sulfide) groups is 1. The van der Waals surface area contributed by atoms with Gasteiger partial charge in [0.1, 0.15) is 0 Å². The number of nitrogens with zero attached hydrogens (tertiary/aromatic N) is 2. The Labute approximate surface area is 132 Å². The first-order chi connectivity index (χ1) is 10.1. The molecule has 0 saturated carbocycles. The van der Waals surface area contributed by atoms with Crippen LogP contribution < -0.4 is 10.6 Å². The standard InChI is InChI=1S/C13H26N4O2S2/c1-14-13(16-11-12-3-2-8-20-12)15-4-5-17-6-9-21(18,19)10-7-17/h12H,2-11H2,1H3,(H2,14,15,16). The van der Waals surface area contributed by atoms with E-state index in [0.29, 0.717) is 29.8 Å². The van der Waals surface area contributed by atoms with Crippen LogP contribution in [0.4, 0.5) is 0 Å². The van der Waals surface area contributed by atoms with Gasteiger partial charge in [0, 0.05) is 45.0 Å². The molecule has 122 valence electrons. The van der Waals surface area contributed by atoms with Crippen LogP contribution in [0.2, 0.25) is 0 Å². The molecule has 0 amide bonds. The summed E-state index contributed by atoms with van der Waals surface area (Å²) in [6.07, 6.45) is 2.61. The molecule has 2 N–H and O–H groups in total. The van der Waals surface area contributed by atoms with Gasteiger partial charge in [-0.05, 0) is 18.6 Å². The summed E-state index contributed by atoms with van der Waals surface area (Å²) in [6.45, 7) is 3.90. The minimum atomic E-state index is -2.78. The zero-order valence-corrected chi connectivity index (χ0v) is 14.3. The number of rotatable bonds is 5. The average molecular weight is 335 g/mol. The zero-order chi connectivity index (χ0) is 15.1. The van der Waals surface area contributed by atoms with Gasteiger partial charge in [0.05, 0.1) is 11.5 Å². The molecule has 1 unspecified atom stereocenters. The first-order valence-electron chi connectivity index (χ1n) is 7.58. The number of hydrogen-bond acceptors (Lipinski definition) is 5. The number of hydrogen-bond donors (Lipinski definition) is 2. The SMILES string of the molecule is CN=C(NCCN1CCS(=O)(=O)CC1)NCC1CCCS1. The van der Waals surface area contributed by atoms with E-state index in [-0.39, 0.29) is 0 Å². The maximum Gasteiger partial charge on any atom is 0.191 e. The highest BCUT2D eigenvalue weighted by atomic mass is 32.2. The fourth-order valence-electron chi connectivity index (χ4n) is 2.54. The predicted octanol–water partition coefficient (Wildman–Crippen LogP) is -0.223. The number of sulfone groups is 1. The topological polar surface area (TPSA) is 73.8 Å². The van der Waals surface area contributed by atoms with Crippen molar-refractivity contribution in [3.8, 4) is 0 Å². The highest BCUT2D eigenvalue weighted by molar-refractivity contribution is 8.00. The lowest BCUT2D eigenvalue weighted by Gasteiger charge is -2.26. The van der Waals surface area contributed by atoms with Crippen LogP contribution in [0.5, 0.6) is 0 Å². The summed E-state index contributed by atoms with van der Waals surface area (Å²) in [7, 11) is -0.998. The van der Waals surface area contributed by atoms with Crippen molar-refractivity contribution in [3.63, 3.8) is 0 Å². The lowest BCUT2D eigenvalue weighted by Crippen LogP contribution is -2.46. The molecule has 1 atom stereocenters. The van der Waals surface area contributed by atoms with Crippen molar-refractivity contribution in [2.45, 2.75) is 18.1 Å². The van der Waals surface area contributed by atoms with Gasteiger partial charge < -0.3 is 10.6 Å². The third-order valence-corrected chi connectivity index (χ3v) is 6.91. The Bertz CT molecular complexity index is 433. The Morgan fingerprint density at radius 1 is 1.33 bits per heavy atom. The summed E-state index contributed by atoms with van der Waals surface area (Å²) >= 11 is 2.03. The lowest BCUT2D eigenvalue weighted by molar-refractivity contribution is 0.299. The van der Waals surface area contributed by atoms with Crippen LogP contribution in [0, 0.1) is 0 Å². The molecular weight excluding hydrogens is 308 g/mol. The molecule has 2 saturated heterocycles. The highest BCUT2D eigenvalue weighted by Gasteiger charge is 2.21. The van der Waals surface area contributed by atoms with E-state index < -0.39 is 9.84 Å². The molecule has 0 bridgehead atoms. The second kappa shape index (κ2) is 8.24. The quantitative estimate of drug-likeness (QED) is 0.535. The van der Waals surface area contributed by atoms with Gasteiger partial charge >= 0.3 is 0 Å². The Morgan fingerprint density at radius 3 is 2.71 bits per heavy atom. The first kappa shape index (κ1) is 16.9. The molecule has 6 nitrogen and oxygen atoms in total. The molecule has 2 fully saturated rings. The van der Waals surface area contributed by atoms with E-state index in [1.54, 1.807) is 7.05 Å². The van der Waals surface area contributed by atoms with Gasteiger partial charge in [-0.2, -0.15) is 11.8 Å². The Balaban J connectivity index is 1.60. The molecule has 8 heteroatoms. The minimum absolute atomic E-state index is 0.291. The Morgan fingerprint density at radius 2 is 2.10 bits per heavy atom. The summed E-state index contributed by atoms with van der Waals surface area (Å²) in [5, 5.41) is 7.37. The van der Waals surface area contributed by atoms with Crippen LogP contribution in [0.25, 0.3) is 0 Å². The van der Waals surface area contributed by atoms with E-state index in [0.717, 1.165) is 25.6 Å². The van der Waals surface area contributed by atoms with Gasteiger partial charge in [-0.3, -0.25) is 9.89 Å². The van der Waals surface area contributed by atoms with Crippen LogP contribution >= 0.6 is 11.8 Å². The molecule has 0 aliphatic carbocycles. The van der Waals surface area contributed by atoms with Crippen LogP contribution in [0.15, 0.2) is 4.99 Å². The maximum atomic E-state index is 11.4. The van der Waals surface area contributed by atoms with Crippen molar-refractivity contribution in [2.75, 3.05) is 57.0 Å². The monoisotopic (exact) mass is 334 g/mol. The van der Waals surface area contributed by atoms with Crippen LogP contribution in [-0.4, -0.2) is 81.6 Å². The molecule has 2 aliphatic rings. The first-order valence-corrected chi connectivity index (χ1v) is 10.4. The average Bonchev–Trinajstić information content (AvgIpc) is 2.97. The Hall–Kier alpha value is -0.470. The molecule has 0 radical (unpaired) electrons. The van der Waals surface area contributed by atoms with Crippen molar-refractivity contribution in [1.82, 2.24) is 15.5 Å². The second-order valence-electron chi connectivity index (χ2n) is 5.51. The van der Waals surface area contributed by atoms with Crippen LogP contribution in [0.1, 0.15) is 12.8 Å². The highest BCUT2D eigenvalue weighted by Crippen LogP contribution is 2.25. The molecular formula is C13H26N4O2S2. The predicted molar refractivity (Wildman–Crippen MR) is 89.9 cm³/mol. The normalized spacial score (nSPS) is 26.7. The number of aliphatic imine (C=N–C) groups is 1. The summed E-state index contributed by atoms with van der Waals surface area (Å²) < 4.78 is 22.7. The van der Waals surface area contributed by atoms with Gasteiger partial charge in [-0.1, -0.05) is 0 Å². The molecule has 0 aromatic heterocycles. The minimum Gasteiger partial charge on any atom is -0.355 e. The molecule has 0 aromatic rings. The summed E-state index contributed by atoms with van der Waals surface area (Å²) in [4.78, 5) is 6.41. The van der Waals surface area contributed by atoms with E-state index in [1.165, 1.54) is 18.6 Å². The largest absolute Gasteiger partial charge is 0.355 e.